The van der Waals surface area contributed by atoms with Gasteiger partial charge in [-0.05, 0) is 57.2 Å². The highest BCUT2D eigenvalue weighted by Gasteiger charge is 2.20. The Kier molecular flexibility index (Phi) is 6.31. The first-order chi connectivity index (χ1) is 16.4. The van der Waals surface area contributed by atoms with Gasteiger partial charge in [0.2, 0.25) is 21.9 Å². The van der Waals surface area contributed by atoms with Gasteiger partial charge in [-0.2, -0.15) is 14.8 Å². The summed E-state index contributed by atoms with van der Waals surface area (Å²) in [5, 5.41) is 7.84. The van der Waals surface area contributed by atoms with Crippen LogP contribution in [0.1, 0.15) is 20.8 Å². The van der Waals surface area contributed by atoms with Crippen LogP contribution < -0.4 is 14.8 Å². The van der Waals surface area contributed by atoms with Crippen molar-refractivity contribution in [3.8, 4) is 11.6 Å². The maximum Gasteiger partial charge on any atom is 0.435 e. The molecule has 4 rings (SSSR count). The van der Waals surface area contributed by atoms with Crippen molar-refractivity contribution >= 4 is 44.3 Å². The van der Waals surface area contributed by atoms with Gasteiger partial charge in [-0.25, -0.2) is 18.2 Å². The van der Waals surface area contributed by atoms with Gasteiger partial charge in [-0.3, -0.25) is 4.72 Å². The van der Waals surface area contributed by atoms with E-state index in [4.69, 9.17) is 9.47 Å². The van der Waals surface area contributed by atoms with Crippen molar-refractivity contribution in [1.82, 2.24) is 19.7 Å². The van der Waals surface area contributed by atoms with Gasteiger partial charge < -0.3 is 14.8 Å². The summed E-state index contributed by atoms with van der Waals surface area (Å²) in [4.78, 5) is 20.9. The SMILES string of the molecule is CC(C)(C)OC(=O)n1ncc2cc(Oc3ccnc(Nc4cccc(NS(C)(=O)=O)c4)n3)ccc21. The number of nitrogens with zero attached hydrogens (tertiary/aromatic N) is 4. The van der Waals surface area contributed by atoms with E-state index in [1.54, 1.807) is 75.5 Å². The smallest absolute Gasteiger partial charge is 0.435 e. The molecule has 0 fully saturated rings. The fourth-order valence-electron chi connectivity index (χ4n) is 3.11. The highest BCUT2D eigenvalue weighted by Crippen LogP contribution is 2.26. The van der Waals surface area contributed by atoms with Gasteiger partial charge in [0.05, 0.1) is 23.7 Å². The predicted molar refractivity (Wildman–Crippen MR) is 132 cm³/mol. The molecule has 12 heteroatoms. The van der Waals surface area contributed by atoms with Gasteiger partial charge in [0.15, 0.2) is 0 Å². The summed E-state index contributed by atoms with van der Waals surface area (Å²) in [5.41, 5.74) is 0.944. The minimum atomic E-state index is -3.40. The van der Waals surface area contributed by atoms with Crippen molar-refractivity contribution in [2.75, 3.05) is 16.3 Å². The molecule has 0 saturated carbocycles. The quantitative estimate of drug-likeness (QED) is 0.395. The Morgan fingerprint density at radius 3 is 2.57 bits per heavy atom. The first-order valence-corrected chi connectivity index (χ1v) is 12.4. The molecule has 2 N–H and O–H groups in total. The molecule has 0 aliphatic carbocycles. The van der Waals surface area contributed by atoms with E-state index in [0.717, 1.165) is 6.26 Å². The third-order valence-corrected chi connectivity index (χ3v) is 4.99. The molecule has 182 valence electrons. The summed E-state index contributed by atoms with van der Waals surface area (Å²) < 4.78 is 37.8. The Morgan fingerprint density at radius 1 is 1.06 bits per heavy atom. The van der Waals surface area contributed by atoms with Crippen LogP contribution in [0.4, 0.5) is 22.1 Å². The molecule has 0 spiro atoms. The molecular weight excluding hydrogens is 472 g/mol. The number of hydrogen-bond donors (Lipinski definition) is 2. The molecule has 0 aliphatic heterocycles. The van der Waals surface area contributed by atoms with Gasteiger partial charge in [-0.15, -0.1) is 0 Å². The summed E-state index contributed by atoms with van der Waals surface area (Å²) >= 11 is 0. The van der Waals surface area contributed by atoms with Crippen molar-refractivity contribution < 1.29 is 22.7 Å². The molecule has 0 amide bonds. The monoisotopic (exact) mass is 496 g/mol. The Bertz CT molecular complexity index is 1490. The van der Waals surface area contributed by atoms with E-state index in [0.29, 0.717) is 28.0 Å². The van der Waals surface area contributed by atoms with Crippen LogP contribution in [-0.2, 0) is 14.8 Å². The van der Waals surface area contributed by atoms with Gasteiger partial charge in [-0.1, -0.05) is 6.07 Å². The zero-order valence-corrected chi connectivity index (χ0v) is 20.3. The zero-order chi connectivity index (χ0) is 25.2. The number of benzene rings is 2. The Morgan fingerprint density at radius 2 is 1.83 bits per heavy atom. The minimum absolute atomic E-state index is 0.262. The van der Waals surface area contributed by atoms with Crippen molar-refractivity contribution in [3.63, 3.8) is 0 Å². The van der Waals surface area contributed by atoms with Crippen LogP contribution in [0.15, 0.2) is 60.9 Å². The number of rotatable bonds is 6. The summed E-state index contributed by atoms with van der Waals surface area (Å²) in [6.07, 6.45) is 3.60. The highest BCUT2D eigenvalue weighted by atomic mass is 32.2. The van der Waals surface area contributed by atoms with Crippen LogP contribution >= 0.6 is 0 Å². The number of sulfonamides is 1. The summed E-state index contributed by atoms with van der Waals surface area (Å²) in [6, 6.07) is 13.4. The van der Waals surface area contributed by atoms with Crippen LogP contribution in [0.5, 0.6) is 11.6 Å². The second kappa shape index (κ2) is 9.22. The molecule has 0 atom stereocenters. The first-order valence-electron chi connectivity index (χ1n) is 10.5. The lowest BCUT2D eigenvalue weighted by atomic mass is 10.2. The average molecular weight is 497 g/mol. The number of nitrogens with one attached hydrogen (secondary N) is 2. The molecule has 35 heavy (non-hydrogen) atoms. The topological polar surface area (TPSA) is 137 Å². The van der Waals surface area contributed by atoms with E-state index < -0.39 is 21.7 Å². The average Bonchev–Trinajstić information content (AvgIpc) is 3.15. The van der Waals surface area contributed by atoms with Crippen molar-refractivity contribution in [3.05, 3.63) is 60.9 Å². The third-order valence-electron chi connectivity index (χ3n) is 4.38. The number of fused-ring (bicyclic) bond motifs is 1. The number of carbonyl (C=O) groups is 1. The molecule has 0 saturated heterocycles. The predicted octanol–water partition coefficient (Wildman–Crippen LogP) is 4.52. The fraction of sp³-hybridized carbons (Fsp3) is 0.217. The van der Waals surface area contributed by atoms with Crippen LogP contribution in [0, 0.1) is 0 Å². The lowest BCUT2D eigenvalue weighted by molar-refractivity contribution is 0.0522. The number of ether oxygens (including phenoxy) is 2. The van der Waals surface area contributed by atoms with Gasteiger partial charge >= 0.3 is 6.09 Å². The largest absolute Gasteiger partial charge is 0.442 e. The van der Waals surface area contributed by atoms with E-state index >= 15 is 0 Å². The maximum atomic E-state index is 12.4. The van der Waals surface area contributed by atoms with Crippen LogP contribution in [0.2, 0.25) is 0 Å². The van der Waals surface area contributed by atoms with Crippen LogP contribution in [0.25, 0.3) is 10.9 Å². The third kappa shape index (κ3) is 6.44. The summed E-state index contributed by atoms with van der Waals surface area (Å²) in [6.45, 7) is 5.36. The Labute approximate surface area is 202 Å². The molecule has 0 bridgehead atoms. The second-order valence-corrected chi connectivity index (χ2v) is 10.4. The highest BCUT2D eigenvalue weighted by molar-refractivity contribution is 7.92. The van der Waals surface area contributed by atoms with Gasteiger partial charge in [0.1, 0.15) is 11.4 Å². The molecule has 0 aliphatic rings. The number of anilines is 3. The van der Waals surface area contributed by atoms with Crippen LogP contribution in [-0.4, -0.2) is 46.1 Å². The maximum absolute atomic E-state index is 12.4. The van der Waals surface area contributed by atoms with Crippen molar-refractivity contribution in [2.45, 2.75) is 26.4 Å². The van der Waals surface area contributed by atoms with Crippen LogP contribution in [0.3, 0.4) is 0 Å². The van der Waals surface area contributed by atoms with E-state index in [2.05, 4.69) is 25.1 Å². The van der Waals surface area contributed by atoms with E-state index in [9.17, 15) is 13.2 Å². The van der Waals surface area contributed by atoms with Crippen molar-refractivity contribution in [2.24, 2.45) is 0 Å². The standard InChI is InChI=1S/C23H24N6O5S/c1-23(2,3)34-22(30)29-19-9-8-18(12-15(19)14-25-29)33-20-10-11-24-21(27-20)26-16-6-5-7-17(13-16)28-35(4,31)32/h5-14,28H,1-4H3,(H,24,26,27). The fourth-order valence-corrected chi connectivity index (χ4v) is 3.66. The molecule has 11 nitrogen and oxygen atoms in total. The number of hydrogen-bond acceptors (Lipinski definition) is 9. The second-order valence-electron chi connectivity index (χ2n) is 8.66. The molecule has 0 radical (unpaired) electrons. The van der Waals surface area contributed by atoms with Crippen molar-refractivity contribution in [1.29, 1.82) is 0 Å². The normalized spacial score (nSPS) is 11.8. The molecule has 2 aromatic heterocycles. The van der Waals surface area contributed by atoms with E-state index in [1.807, 2.05) is 0 Å². The molecular formula is C23H24N6O5S. The zero-order valence-electron chi connectivity index (χ0n) is 19.5. The van der Waals surface area contributed by atoms with E-state index in [1.165, 1.54) is 10.9 Å². The van der Waals surface area contributed by atoms with Gasteiger partial charge in [0.25, 0.3) is 0 Å². The minimum Gasteiger partial charge on any atom is -0.442 e. The lowest BCUT2D eigenvalue weighted by Crippen LogP contribution is -2.27. The number of carbonyl (C=O) groups excluding carboxylic acids is 1. The Hall–Kier alpha value is -4.19. The first kappa shape index (κ1) is 24.0. The van der Waals surface area contributed by atoms with Gasteiger partial charge in [0, 0.05) is 23.3 Å². The van der Waals surface area contributed by atoms with E-state index in [-0.39, 0.29) is 11.8 Å². The lowest BCUT2D eigenvalue weighted by Gasteiger charge is -2.19. The summed E-state index contributed by atoms with van der Waals surface area (Å²) in [5.74, 6) is 1.04. The molecule has 2 heterocycles. The number of aromatic nitrogens is 4. The molecule has 0 unspecified atom stereocenters. The molecule has 2 aromatic carbocycles. The molecule has 4 aromatic rings. The summed E-state index contributed by atoms with van der Waals surface area (Å²) in [7, 11) is -3.40. The Balaban J connectivity index is 1.49.